The van der Waals surface area contributed by atoms with Gasteiger partial charge in [-0.15, -0.1) is 0 Å². The molecule has 0 unspecified atom stereocenters. The minimum absolute atomic E-state index is 0.0679. The zero-order chi connectivity index (χ0) is 14.8. The Kier molecular flexibility index (Phi) is 4.03. The lowest BCUT2D eigenvalue weighted by atomic mass is 10.2. The number of nitrogens with one attached hydrogen (secondary N) is 1. The molecule has 106 valence electrons. The highest BCUT2D eigenvalue weighted by atomic mass is 32.2. The van der Waals surface area contributed by atoms with E-state index in [2.05, 4.69) is 9.97 Å². The molecule has 0 radical (unpaired) electrons. The number of nitrogen functional groups attached to an aromatic ring is 1. The van der Waals surface area contributed by atoms with Gasteiger partial charge in [0, 0.05) is 17.5 Å². The first kappa shape index (κ1) is 14.4. The van der Waals surface area contributed by atoms with E-state index in [0.717, 1.165) is 17.3 Å². The van der Waals surface area contributed by atoms with Gasteiger partial charge in [-0.1, -0.05) is 23.9 Å². The fraction of sp³-hybridized carbons (Fsp3) is 0.167. The minimum atomic E-state index is -4.63. The van der Waals surface area contributed by atoms with Crippen LogP contribution in [0.5, 0.6) is 0 Å². The highest BCUT2D eigenvalue weighted by Crippen LogP contribution is 2.28. The molecule has 8 heteroatoms. The molecule has 1 aromatic heterocycles. The molecular weight excluding hydrogens is 291 g/mol. The third kappa shape index (κ3) is 3.77. The predicted octanol–water partition coefficient (Wildman–Crippen LogP) is 2.66. The molecule has 4 nitrogen and oxygen atoms in total. The number of aromatic nitrogens is 2. The van der Waals surface area contributed by atoms with Gasteiger partial charge in [-0.25, -0.2) is 4.98 Å². The summed E-state index contributed by atoms with van der Waals surface area (Å²) in [4.78, 5) is 16.9. The average Bonchev–Trinajstić information content (AvgIpc) is 2.36. The molecule has 0 aliphatic rings. The number of halogens is 3. The first-order chi connectivity index (χ1) is 9.34. The first-order valence-corrected chi connectivity index (χ1v) is 6.49. The number of anilines is 1. The first-order valence-electron chi connectivity index (χ1n) is 5.50. The molecule has 3 N–H and O–H groups in total. The molecule has 0 aliphatic heterocycles. The number of hydrogen-bond donors (Lipinski definition) is 2. The summed E-state index contributed by atoms with van der Waals surface area (Å²) in [6, 6.07) is 7.34. The topological polar surface area (TPSA) is 71.8 Å². The van der Waals surface area contributed by atoms with Crippen molar-refractivity contribution in [3.63, 3.8) is 0 Å². The van der Waals surface area contributed by atoms with Crippen LogP contribution < -0.4 is 11.3 Å². The Balaban J connectivity index is 2.15. The number of hydrogen-bond acceptors (Lipinski definition) is 4. The van der Waals surface area contributed by atoms with Gasteiger partial charge in [-0.05, 0) is 17.7 Å². The van der Waals surface area contributed by atoms with Crippen molar-refractivity contribution in [1.29, 1.82) is 0 Å². The second-order valence-electron chi connectivity index (χ2n) is 3.96. The van der Waals surface area contributed by atoms with Crippen LogP contribution in [-0.2, 0) is 11.9 Å². The number of rotatable bonds is 3. The maximum Gasteiger partial charge on any atom is 0.433 e. The van der Waals surface area contributed by atoms with Gasteiger partial charge in [0.15, 0.2) is 10.9 Å². The Morgan fingerprint density at radius 1 is 1.25 bits per heavy atom. The third-order valence-electron chi connectivity index (χ3n) is 2.37. The van der Waals surface area contributed by atoms with Crippen molar-refractivity contribution in [1.82, 2.24) is 9.97 Å². The minimum Gasteiger partial charge on any atom is -0.399 e. The lowest BCUT2D eigenvalue weighted by Crippen LogP contribution is -2.16. The molecule has 20 heavy (non-hydrogen) atoms. The second kappa shape index (κ2) is 5.58. The fourth-order valence-corrected chi connectivity index (χ4v) is 2.25. The van der Waals surface area contributed by atoms with Crippen molar-refractivity contribution < 1.29 is 13.2 Å². The Hall–Kier alpha value is -1.96. The van der Waals surface area contributed by atoms with E-state index in [4.69, 9.17) is 5.73 Å². The number of thioether (sulfide) groups is 1. The fourth-order valence-electron chi connectivity index (χ4n) is 1.41. The molecule has 2 rings (SSSR count). The highest BCUT2D eigenvalue weighted by molar-refractivity contribution is 7.98. The molecular formula is C12H10F3N3OS. The van der Waals surface area contributed by atoms with Crippen LogP contribution in [0.1, 0.15) is 11.3 Å². The van der Waals surface area contributed by atoms with Crippen molar-refractivity contribution >= 4 is 17.4 Å². The van der Waals surface area contributed by atoms with Crippen LogP contribution >= 0.6 is 11.8 Å². The lowest BCUT2D eigenvalue weighted by molar-refractivity contribution is -0.141. The van der Waals surface area contributed by atoms with Gasteiger partial charge < -0.3 is 10.7 Å². The molecule has 1 aromatic carbocycles. The zero-order valence-electron chi connectivity index (χ0n) is 10.1. The second-order valence-corrected chi connectivity index (χ2v) is 4.93. The van der Waals surface area contributed by atoms with Crippen molar-refractivity contribution in [2.24, 2.45) is 0 Å². The molecule has 0 spiro atoms. The number of benzene rings is 1. The molecule has 0 bridgehead atoms. The Morgan fingerprint density at radius 3 is 2.50 bits per heavy atom. The third-order valence-corrected chi connectivity index (χ3v) is 3.31. The molecule has 1 heterocycles. The zero-order valence-corrected chi connectivity index (χ0v) is 10.9. The summed E-state index contributed by atoms with van der Waals surface area (Å²) in [5.41, 5.74) is 4.98. The predicted molar refractivity (Wildman–Crippen MR) is 70.3 cm³/mol. The molecule has 0 atom stereocenters. The van der Waals surface area contributed by atoms with Crippen LogP contribution in [0.25, 0.3) is 0 Å². The van der Waals surface area contributed by atoms with E-state index < -0.39 is 17.4 Å². The molecule has 0 fully saturated rings. The van der Waals surface area contributed by atoms with Gasteiger partial charge in [0.25, 0.3) is 5.56 Å². The summed E-state index contributed by atoms with van der Waals surface area (Å²) in [6.45, 7) is 0. The van der Waals surface area contributed by atoms with Crippen molar-refractivity contribution in [3.8, 4) is 0 Å². The summed E-state index contributed by atoms with van der Waals surface area (Å²) in [5, 5.41) is -0.0679. The van der Waals surface area contributed by atoms with Gasteiger partial charge in [0.2, 0.25) is 0 Å². The van der Waals surface area contributed by atoms with E-state index in [9.17, 15) is 18.0 Å². The monoisotopic (exact) mass is 301 g/mol. The maximum absolute atomic E-state index is 12.5. The van der Waals surface area contributed by atoms with Gasteiger partial charge in [-0.3, -0.25) is 4.79 Å². The van der Waals surface area contributed by atoms with E-state index >= 15 is 0 Å². The average molecular weight is 301 g/mol. The maximum atomic E-state index is 12.5. The van der Waals surface area contributed by atoms with E-state index in [1.54, 1.807) is 24.3 Å². The van der Waals surface area contributed by atoms with Crippen LogP contribution in [0.4, 0.5) is 18.9 Å². The summed E-state index contributed by atoms with van der Waals surface area (Å²) in [7, 11) is 0. The van der Waals surface area contributed by atoms with Crippen LogP contribution in [-0.4, -0.2) is 9.97 Å². The van der Waals surface area contributed by atoms with Crippen LogP contribution in [0, 0.1) is 0 Å². The van der Waals surface area contributed by atoms with Crippen LogP contribution in [0.15, 0.2) is 40.3 Å². The van der Waals surface area contributed by atoms with Gasteiger partial charge >= 0.3 is 6.18 Å². The Bertz CT molecular complexity index is 652. The molecule has 2 aromatic rings. The SMILES string of the molecule is Nc1ccc(CSc2nc(C(F)(F)F)cc(=O)[nH]2)cc1. The molecule has 0 saturated heterocycles. The normalized spacial score (nSPS) is 11.6. The van der Waals surface area contributed by atoms with E-state index in [-0.39, 0.29) is 5.16 Å². The summed E-state index contributed by atoms with van der Waals surface area (Å²) < 4.78 is 37.6. The van der Waals surface area contributed by atoms with Gasteiger partial charge in [0.05, 0.1) is 0 Å². The number of H-pyrrole nitrogens is 1. The van der Waals surface area contributed by atoms with E-state index in [1.807, 2.05) is 0 Å². The largest absolute Gasteiger partial charge is 0.433 e. The molecule has 0 aliphatic carbocycles. The highest BCUT2D eigenvalue weighted by Gasteiger charge is 2.33. The number of nitrogens with two attached hydrogens (primary N) is 1. The summed E-state index contributed by atoms with van der Waals surface area (Å²) >= 11 is 1.02. The molecule has 0 saturated carbocycles. The lowest BCUT2D eigenvalue weighted by Gasteiger charge is -2.07. The van der Waals surface area contributed by atoms with Crippen molar-refractivity contribution in [3.05, 3.63) is 51.9 Å². The Labute approximate surface area is 116 Å². The van der Waals surface area contributed by atoms with Crippen molar-refractivity contribution in [2.75, 3.05) is 5.73 Å². The van der Waals surface area contributed by atoms with Crippen LogP contribution in [0.2, 0.25) is 0 Å². The van der Waals surface area contributed by atoms with E-state index in [1.165, 1.54) is 0 Å². The van der Waals surface area contributed by atoms with Gasteiger partial charge in [-0.2, -0.15) is 13.2 Å². The van der Waals surface area contributed by atoms with Gasteiger partial charge in [0.1, 0.15) is 0 Å². The van der Waals surface area contributed by atoms with E-state index in [0.29, 0.717) is 17.5 Å². The Morgan fingerprint density at radius 2 is 1.90 bits per heavy atom. The van der Waals surface area contributed by atoms with Crippen LogP contribution in [0.3, 0.4) is 0 Å². The van der Waals surface area contributed by atoms with Crippen molar-refractivity contribution in [2.45, 2.75) is 17.1 Å². The number of alkyl halides is 3. The number of aromatic amines is 1. The molecule has 0 amide bonds. The quantitative estimate of drug-likeness (QED) is 0.519. The summed E-state index contributed by atoms with van der Waals surface area (Å²) in [5.74, 6) is 0.379. The number of nitrogens with zero attached hydrogens (tertiary/aromatic N) is 1. The standard InChI is InChI=1S/C12H10F3N3OS/c13-12(14,15)9-5-10(19)18-11(17-9)20-6-7-1-3-8(16)4-2-7/h1-5H,6,16H2,(H,17,18,19). The smallest absolute Gasteiger partial charge is 0.399 e. The summed E-state index contributed by atoms with van der Waals surface area (Å²) in [6.07, 6.45) is -4.63.